The van der Waals surface area contributed by atoms with Crippen LogP contribution in [0.25, 0.3) is 22.0 Å². The van der Waals surface area contributed by atoms with Gasteiger partial charge in [0.05, 0.1) is 12.6 Å². The summed E-state index contributed by atoms with van der Waals surface area (Å²) in [7, 11) is 1.60. The smallest absolute Gasteiger partial charge is 0.270 e. The second kappa shape index (κ2) is 9.37. The maximum absolute atomic E-state index is 15.3. The zero-order valence-corrected chi connectivity index (χ0v) is 19.6. The number of pyridine rings is 1. The number of aryl methyl sites for hydroxylation is 1. The third-order valence-corrected chi connectivity index (χ3v) is 6.54. The summed E-state index contributed by atoms with van der Waals surface area (Å²) in [4.78, 5) is 24.1. The molecule has 0 aliphatic carbocycles. The molecular weight excluding hydrogens is 450 g/mol. The molecule has 0 bridgehead atoms. The van der Waals surface area contributed by atoms with Crippen LogP contribution in [0.3, 0.4) is 0 Å². The molecule has 5 rings (SSSR count). The molecule has 0 unspecified atom stereocenters. The number of hydrogen-bond acceptors (Lipinski definition) is 4. The Morgan fingerprint density at radius 1 is 1.06 bits per heavy atom. The zero-order valence-electron chi connectivity index (χ0n) is 19.6. The van der Waals surface area contributed by atoms with Crippen LogP contribution < -0.4 is 9.64 Å². The van der Waals surface area contributed by atoms with Crippen LogP contribution in [-0.4, -0.2) is 54.1 Å². The summed E-state index contributed by atoms with van der Waals surface area (Å²) < 4.78 is 35.0. The fourth-order valence-electron chi connectivity index (χ4n) is 4.68. The van der Waals surface area contributed by atoms with E-state index < -0.39 is 0 Å². The van der Waals surface area contributed by atoms with Gasteiger partial charge in [-0.25, -0.2) is 13.8 Å². The number of halogens is 2. The van der Waals surface area contributed by atoms with Crippen molar-refractivity contribution >= 4 is 22.6 Å². The lowest BCUT2D eigenvalue weighted by atomic mass is 9.96. The van der Waals surface area contributed by atoms with E-state index in [1.807, 2.05) is 42.2 Å². The maximum atomic E-state index is 15.3. The minimum atomic E-state index is -0.381. The SMILES string of the molecule is CCc1cc(-c2ccccc2OC)c2cc(C(=O)N3CCN(c4ncccc4F)CC3)[nH]c2c1F. The fraction of sp³-hybridized carbons (Fsp3) is 0.259. The summed E-state index contributed by atoms with van der Waals surface area (Å²) in [5.41, 5.74) is 2.83. The van der Waals surface area contributed by atoms with Crippen LogP contribution in [0, 0.1) is 11.6 Å². The van der Waals surface area contributed by atoms with Gasteiger partial charge in [-0.2, -0.15) is 0 Å². The number of benzene rings is 2. The Hall–Kier alpha value is -3.94. The van der Waals surface area contributed by atoms with Gasteiger partial charge in [0, 0.05) is 43.3 Å². The molecule has 0 saturated carbocycles. The van der Waals surface area contributed by atoms with Gasteiger partial charge in [-0.05, 0) is 47.9 Å². The molecule has 2 aromatic carbocycles. The van der Waals surface area contributed by atoms with Crippen molar-refractivity contribution < 1.29 is 18.3 Å². The largest absolute Gasteiger partial charge is 0.496 e. The fourth-order valence-corrected chi connectivity index (χ4v) is 4.68. The number of nitrogens with zero attached hydrogens (tertiary/aromatic N) is 3. The van der Waals surface area contributed by atoms with Gasteiger partial charge in [-0.15, -0.1) is 0 Å². The van der Waals surface area contributed by atoms with Crippen molar-refractivity contribution in [2.45, 2.75) is 13.3 Å². The van der Waals surface area contributed by atoms with E-state index in [0.717, 1.165) is 11.1 Å². The van der Waals surface area contributed by atoms with Crippen LogP contribution in [0.2, 0.25) is 0 Å². The molecule has 3 heterocycles. The van der Waals surface area contributed by atoms with Gasteiger partial charge in [0.2, 0.25) is 0 Å². The molecule has 4 aromatic rings. The number of fused-ring (bicyclic) bond motifs is 1. The lowest BCUT2D eigenvalue weighted by Gasteiger charge is -2.35. The van der Waals surface area contributed by atoms with E-state index in [-0.39, 0.29) is 17.5 Å². The van der Waals surface area contributed by atoms with Crippen LogP contribution in [-0.2, 0) is 6.42 Å². The first-order valence-corrected chi connectivity index (χ1v) is 11.6. The van der Waals surface area contributed by atoms with E-state index in [9.17, 15) is 9.18 Å². The standard InChI is InChI=1S/C27H26F2N4O2/c1-3-17-15-19(18-7-4-5-9-23(18)35-2)20-16-22(31-25(20)24(17)29)27(34)33-13-11-32(12-14-33)26-21(28)8-6-10-30-26/h4-10,15-16,31H,3,11-14H2,1-2H3. The normalized spacial score (nSPS) is 13.9. The quantitative estimate of drug-likeness (QED) is 0.438. The highest BCUT2D eigenvalue weighted by molar-refractivity contribution is 6.04. The number of aromatic nitrogens is 2. The minimum absolute atomic E-state index is 0.217. The molecule has 1 aliphatic heterocycles. The number of rotatable bonds is 5. The molecule has 0 atom stereocenters. The Morgan fingerprint density at radius 2 is 1.83 bits per heavy atom. The second-order valence-corrected chi connectivity index (χ2v) is 8.51. The molecule has 180 valence electrons. The number of ether oxygens (including phenoxy) is 1. The van der Waals surface area contributed by atoms with Crippen molar-refractivity contribution in [3.8, 4) is 16.9 Å². The molecule has 1 aliphatic rings. The summed E-state index contributed by atoms with van der Waals surface area (Å²) in [5.74, 6) is 0.0191. The van der Waals surface area contributed by atoms with Gasteiger partial charge in [0.1, 0.15) is 17.3 Å². The number of carbonyl (C=O) groups excluding carboxylic acids is 1. The number of hydrogen-bond donors (Lipinski definition) is 1. The average Bonchev–Trinajstić information content (AvgIpc) is 3.35. The summed E-state index contributed by atoms with van der Waals surface area (Å²) in [5, 5.41) is 0.627. The summed E-state index contributed by atoms with van der Waals surface area (Å²) >= 11 is 0. The number of piperazine rings is 1. The van der Waals surface area contributed by atoms with Crippen LogP contribution >= 0.6 is 0 Å². The van der Waals surface area contributed by atoms with Gasteiger partial charge in [-0.3, -0.25) is 4.79 Å². The van der Waals surface area contributed by atoms with E-state index in [2.05, 4.69) is 9.97 Å². The molecule has 1 amide bonds. The zero-order chi connectivity index (χ0) is 24.5. The highest BCUT2D eigenvalue weighted by Crippen LogP contribution is 2.38. The van der Waals surface area contributed by atoms with Crippen LogP contribution in [0.1, 0.15) is 23.0 Å². The Kier molecular flexibility index (Phi) is 6.11. The monoisotopic (exact) mass is 476 g/mol. The maximum Gasteiger partial charge on any atom is 0.270 e. The topological polar surface area (TPSA) is 61.5 Å². The first-order chi connectivity index (χ1) is 17.0. The van der Waals surface area contributed by atoms with Crippen LogP contribution in [0.15, 0.2) is 54.7 Å². The highest BCUT2D eigenvalue weighted by Gasteiger charge is 2.26. The van der Waals surface area contributed by atoms with E-state index in [1.165, 1.54) is 6.07 Å². The minimum Gasteiger partial charge on any atom is -0.496 e. The van der Waals surface area contributed by atoms with Crippen molar-refractivity contribution in [1.29, 1.82) is 0 Å². The van der Waals surface area contributed by atoms with E-state index in [4.69, 9.17) is 4.74 Å². The van der Waals surface area contributed by atoms with Gasteiger partial charge in [-0.1, -0.05) is 25.1 Å². The van der Waals surface area contributed by atoms with Gasteiger partial charge >= 0.3 is 0 Å². The van der Waals surface area contributed by atoms with Crippen molar-refractivity contribution in [2.75, 3.05) is 38.2 Å². The van der Waals surface area contributed by atoms with Gasteiger partial charge in [0.15, 0.2) is 11.6 Å². The molecule has 8 heteroatoms. The summed E-state index contributed by atoms with van der Waals surface area (Å²) in [6.07, 6.45) is 2.07. The highest BCUT2D eigenvalue weighted by atomic mass is 19.1. The Bertz CT molecular complexity index is 1390. The second-order valence-electron chi connectivity index (χ2n) is 8.51. The predicted molar refractivity (Wildman–Crippen MR) is 132 cm³/mol. The third kappa shape index (κ3) is 4.09. The van der Waals surface area contributed by atoms with Crippen LogP contribution in [0.4, 0.5) is 14.6 Å². The lowest BCUT2D eigenvalue weighted by Crippen LogP contribution is -2.49. The number of carbonyl (C=O) groups is 1. The lowest BCUT2D eigenvalue weighted by molar-refractivity contribution is 0.0741. The number of methoxy groups -OCH3 is 1. The van der Waals surface area contributed by atoms with Crippen LogP contribution in [0.5, 0.6) is 5.75 Å². The number of anilines is 1. The van der Waals surface area contributed by atoms with Crippen molar-refractivity contribution in [3.63, 3.8) is 0 Å². The molecule has 2 aromatic heterocycles. The Labute approximate surface area is 202 Å². The summed E-state index contributed by atoms with van der Waals surface area (Å²) in [6.45, 7) is 3.63. The number of H-pyrrole nitrogens is 1. The van der Waals surface area contributed by atoms with Gasteiger partial charge < -0.3 is 19.5 Å². The Balaban J connectivity index is 1.47. The molecule has 6 nitrogen and oxygen atoms in total. The summed E-state index contributed by atoms with van der Waals surface area (Å²) in [6, 6.07) is 14.0. The number of aromatic amines is 1. The first kappa shape index (κ1) is 22.8. The molecule has 1 fully saturated rings. The molecule has 0 radical (unpaired) electrons. The van der Waals surface area contributed by atoms with Gasteiger partial charge in [0.25, 0.3) is 5.91 Å². The average molecular weight is 477 g/mol. The van der Waals surface area contributed by atoms with E-state index in [1.54, 1.807) is 30.3 Å². The number of amides is 1. The number of para-hydroxylation sites is 1. The Morgan fingerprint density at radius 3 is 2.54 bits per heavy atom. The third-order valence-electron chi connectivity index (χ3n) is 6.54. The molecular formula is C27H26F2N4O2. The van der Waals surface area contributed by atoms with Crippen molar-refractivity contribution in [2.24, 2.45) is 0 Å². The molecule has 1 saturated heterocycles. The molecule has 35 heavy (non-hydrogen) atoms. The van der Waals surface area contributed by atoms with Crippen molar-refractivity contribution in [1.82, 2.24) is 14.9 Å². The van der Waals surface area contributed by atoms with Crippen molar-refractivity contribution in [3.05, 3.63) is 77.6 Å². The van der Waals surface area contributed by atoms with E-state index in [0.29, 0.717) is 66.3 Å². The number of nitrogens with one attached hydrogen (secondary N) is 1. The first-order valence-electron chi connectivity index (χ1n) is 11.6. The molecule has 0 spiro atoms. The predicted octanol–water partition coefficient (Wildman–Crippen LogP) is 5.04. The molecule has 1 N–H and O–H groups in total. The van der Waals surface area contributed by atoms with E-state index >= 15 is 4.39 Å².